The summed E-state index contributed by atoms with van der Waals surface area (Å²) in [5.74, 6) is 0.00718. The Hall–Kier alpha value is -3.31. The number of rotatable bonds is 10. The molecule has 1 aromatic carbocycles. The molecule has 2 heterocycles. The molecule has 2 N–H and O–H groups in total. The van der Waals surface area contributed by atoms with Gasteiger partial charge in [-0.2, -0.15) is 0 Å². The third-order valence-electron chi connectivity index (χ3n) is 9.50. The summed E-state index contributed by atoms with van der Waals surface area (Å²) in [4.78, 5) is 41.9. The summed E-state index contributed by atoms with van der Waals surface area (Å²) >= 11 is 0. The zero-order valence-corrected chi connectivity index (χ0v) is 24.3. The Labute approximate surface area is 241 Å². The second kappa shape index (κ2) is 11.2. The topological polar surface area (TPSA) is 133 Å². The Bertz CT molecular complexity index is 1310. The SMILES string of the molecule is CC(C)C[C@H](NC(=O)CC(NC(=O)c1cccnc1)c1ccccc1[N+](=O)[O-])B1O[C@@H]2C[C@@H]3C[C@@H](C3(C)C)[C@]2(C)O1. The van der Waals surface area contributed by atoms with Crippen molar-refractivity contribution in [2.45, 2.75) is 84.0 Å². The van der Waals surface area contributed by atoms with Crippen molar-refractivity contribution in [3.63, 3.8) is 0 Å². The molecule has 0 spiro atoms. The highest BCUT2D eigenvalue weighted by Crippen LogP contribution is 2.65. The van der Waals surface area contributed by atoms with Crippen LogP contribution in [0.15, 0.2) is 48.8 Å². The van der Waals surface area contributed by atoms with Crippen LogP contribution in [0.4, 0.5) is 5.69 Å². The van der Waals surface area contributed by atoms with Crippen molar-refractivity contribution in [1.82, 2.24) is 15.6 Å². The average molecular weight is 562 g/mol. The summed E-state index contributed by atoms with van der Waals surface area (Å²) in [7, 11) is -0.596. The van der Waals surface area contributed by atoms with Gasteiger partial charge in [0.05, 0.1) is 46.2 Å². The lowest BCUT2D eigenvalue weighted by molar-refractivity contribution is -0.385. The smallest absolute Gasteiger partial charge is 0.404 e. The highest BCUT2D eigenvalue weighted by molar-refractivity contribution is 6.47. The fourth-order valence-corrected chi connectivity index (χ4v) is 7.19. The van der Waals surface area contributed by atoms with Crippen molar-refractivity contribution < 1.29 is 23.8 Å². The first-order valence-electron chi connectivity index (χ1n) is 14.5. The zero-order chi connectivity index (χ0) is 29.5. The van der Waals surface area contributed by atoms with E-state index in [1.165, 1.54) is 12.3 Å². The van der Waals surface area contributed by atoms with E-state index in [2.05, 4.69) is 50.2 Å². The van der Waals surface area contributed by atoms with Crippen LogP contribution in [-0.4, -0.2) is 46.5 Å². The molecule has 41 heavy (non-hydrogen) atoms. The van der Waals surface area contributed by atoms with Gasteiger partial charge in [-0.15, -0.1) is 0 Å². The van der Waals surface area contributed by atoms with Gasteiger partial charge in [0.15, 0.2) is 0 Å². The Morgan fingerprint density at radius 1 is 1.15 bits per heavy atom. The van der Waals surface area contributed by atoms with E-state index in [0.29, 0.717) is 23.8 Å². The molecule has 1 aliphatic heterocycles. The summed E-state index contributed by atoms with van der Waals surface area (Å²) in [5, 5.41) is 17.7. The highest BCUT2D eigenvalue weighted by Gasteiger charge is 2.68. The molecule has 1 saturated heterocycles. The third-order valence-corrected chi connectivity index (χ3v) is 9.50. The minimum absolute atomic E-state index is 0.0191. The van der Waals surface area contributed by atoms with Gasteiger partial charge in [-0.3, -0.25) is 24.7 Å². The maximum Gasteiger partial charge on any atom is 0.481 e. The summed E-state index contributed by atoms with van der Waals surface area (Å²) in [6, 6.07) is 8.42. The van der Waals surface area contributed by atoms with Gasteiger partial charge in [-0.25, -0.2) is 0 Å². The number of aromatic nitrogens is 1. The van der Waals surface area contributed by atoms with Gasteiger partial charge in [-0.1, -0.05) is 45.9 Å². The largest absolute Gasteiger partial charge is 0.481 e. The Morgan fingerprint density at radius 3 is 2.56 bits per heavy atom. The van der Waals surface area contributed by atoms with Crippen LogP contribution in [0.1, 0.15) is 82.3 Å². The molecule has 0 radical (unpaired) electrons. The second-order valence-electron chi connectivity index (χ2n) is 12.9. The highest BCUT2D eigenvalue weighted by atomic mass is 16.7. The van der Waals surface area contributed by atoms with E-state index >= 15 is 0 Å². The summed E-state index contributed by atoms with van der Waals surface area (Å²) in [6.45, 7) is 10.9. The summed E-state index contributed by atoms with van der Waals surface area (Å²) in [5.41, 5.74) is 0.160. The Kier molecular flexibility index (Phi) is 7.95. The lowest BCUT2D eigenvalue weighted by Gasteiger charge is -2.64. The average Bonchev–Trinajstić information content (AvgIpc) is 3.29. The molecule has 6 atom stereocenters. The van der Waals surface area contributed by atoms with Crippen molar-refractivity contribution in [1.29, 1.82) is 0 Å². The maximum absolute atomic E-state index is 13.6. The number of hydrogen-bond acceptors (Lipinski definition) is 7. The lowest BCUT2D eigenvalue weighted by atomic mass is 9.43. The van der Waals surface area contributed by atoms with Crippen LogP contribution in [0.2, 0.25) is 0 Å². The quantitative estimate of drug-likeness (QED) is 0.245. The molecule has 1 aromatic heterocycles. The van der Waals surface area contributed by atoms with E-state index in [4.69, 9.17) is 9.31 Å². The van der Waals surface area contributed by atoms with E-state index in [9.17, 15) is 19.7 Å². The number of nitrogens with one attached hydrogen (secondary N) is 2. The predicted octanol–water partition coefficient (Wildman–Crippen LogP) is 4.65. The number of amides is 2. The number of nitro groups is 1. The third kappa shape index (κ3) is 5.61. The first-order valence-corrected chi connectivity index (χ1v) is 14.5. The molecule has 6 rings (SSSR count). The molecule has 11 heteroatoms. The van der Waals surface area contributed by atoms with E-state index in [0.717, 1.165) is 12.8 Å². The number of hydrogen-bond donors (Lipinski definition) is 2. The number of nitrogens with zero attached hydrogens (tertiary/aromatic N) is 2. The van der Waals surface area contributed by atoms with Gasteiger partial charge in [0.2, 0.25) is 5.91 Å². The molecule has 2 bridgehead atoms. The number of para-hydroxylation sites is 1. The number of carbonyl (C=O) groups excluding carboxylic acids is 2. The number of carbonyl (C=O) groups is 2. The van der Waals surface area contributed by atoms with E-state index in [1.54, 1.807) is 36.5 Å². The summed E-state index contributed by atoms with van der Waals surface area (Å²) < 4.78 is 13.1. The van der Waals surface area contributed by atoms with Crippen molar-refractivity contribution in [2.75, 3.05) is 0 Å². The summed E-state index contributed by atoms with van der Waals surface area (Å²) in [6.07, 6.45) is 5.45. The minimum atomic E-state index is -0.942. The van der Waals surface area contributed by atoms with E-state index in [-0.39, 0.29) is 41.0 Å². The van der Waals surface area contributed by atoms with Crippen LogP contribution in [0, 0.1) is 33.3 Å². The van der Waals surface area contributed by atoms with Gasteiger partial charge in [0.1, 0.15) is 0 Å². The molecule has 3 saturated carbocycles. The molecular weight excluding hydrogens is 523 g/mol. The molecule has 3 aliphatic carbocycles. The van der Waals surface area contributed by atoms with Gasteiger partial charge in [-0.05, 0) is 61.5 Å². The maximum atomic E-state index is 13.6. The lowest BCUT2D eigenvalue weighted by Crippen LogP contribution is -2.65. The molecule has 1 unspecified atom stereocenters. The normalized spacial score (nSPS) is 27.4. The van der Waals surface area contributed by atoms with Crippen LogP contribution in [-0.2, 0) is 14.1 Å². The van der Waals surface area contributed by atoms with Crippen molar-refractivity contribution in [3.05, 3.63) is 70.0 Å². The predicted molar refractivity (Wildman–Crippen MR) is 154 cm³/mol. The number of benzene rings is 1. The van der Waals surface area contributed by atoms with Crippen molar-refractivity contribution >= 4 is 24.6 Å². The Balaban J connectivity index is 1.35. The van der Waals surface area contributed by atoms with Crippen LogP contribution < -0.4 is 10.6 Å². The number of pyridine rings is 1. The first-order chi connectivity index (χ1) is 19.4. The Morgan fingerprint density at radius 2 is 1.90 bits per heavy atom. The van der Waals surface area contributed by atoms with Crippen LogP contribution >= 0.6 is 0 Å². The fraction of sp³-hybridized carbons (Fsp3) is 0.567. The fourth-order valence-electron chi connectivity index (χ4n) is 7.19. The molecule has 4 fully saturated rings. The zero-order valence-electron chi connectivity index (χ0n) is 24.3. The first kappa shape index (κ1) is 29.2. The molecule has 2 aromatic rings. The molecular formula is C30H39BN4O6. The minimum Gasteiger partial charge on any atom is -0.404 e. The molecule has 218 valence electrons. The van der Waals surface area contributed by atoms with Crippen LogP contribution in [0.3, 0.4) is 0 Å². The van der Waals surface area contributed by atoms with Crippen molar-refractivity contribution in [3.8, 4) is 0 Å². The van der Waals surface area contributed by atoms with E-state index < -0.39 is 35.5 Å². The van der Waals surface area contributed by atoms with Crippen LogP contribution in [0.25, 0.3) is 0 Å². The van der Waals surface area contributed by atoms with Gasteiger partial charge in [0.25, 0.3) is 11.6 Å². The van der Waals surface area contributed by atoms with Crippen molar-refractivity contribution in [2.24, 2.45) is 23.2 Å². The molecule has 10 nitrogen and oxygen atoms in total. The second-order valence-corrected chi connectivity index (χ2v) is 12.9. The molecule has 4 aliphatic rings. The van der Waals surface area contributed by atoms with Gasteiger partial charge in [0, 0.05) is 18.5 Å². The number of nitro benzene ring substituents is 1. The monoisotopic (exact) mass is 562 g/mol. The standard InChI is InChI=1S/C30H39BN4O6/c1-18(2)13-26(31-40-25-15-20-14-24(29(20,3)4)30(25,5)41-31)34-27(36)16-22(21-10-6-7-11-23(21)35(38)39)33-28(37)19-9-8-12-32-17-19/h6-12,17-18,20,22,24-26H,13-16H2,1-5H3,(H,33,37)(H,34,36)/t20-,22?,24-,25+,26-,30-/m0/s1. The van der Waals surface area contributed by atoms with E-state index in [1.807, 2.05) is 0 Å². The van der Waals surface area contributed by atoms with Crippen LogP contribution in [0.5, 0.6) is 0 Å². The van der Waals surface area contributed by atoms with Gasteiger partial charge < -0.3 is 19.9 Å². The van der Waals surface area contributed by atoms with Gasteiger partial charge >= 0.3 is 7.12 Å². The molecule has 2 amide bonds.